The molecule has 0 bridgehead atoms. The number of amides is 1. The zero-order chi connectivity index (χ0) is 16.5. The van der Waals surface area contributed by atoms with E-state index in [0.29, 0.717) is 6.42 Å². The lowest BCUT2D eigenvalue weighted by molar-refractivity contribution is -0.137. The third-order valence-corrected chi connectivity index (χ3v) is 2.62. The van der Waals surface area contributed by atoms with Crippen molar-refractivity contribution in [1.29, 1.82) is 0 Å². The van der Waals surface area contributed by atoms with Crippen molar-refractivity contribution >= 4 is 12.1 Å². The highest BCUT2D eigenvalue weighted by atomic mass is 16.7. The number of carboxylic acids is 1. The second kappa shape index (κ2) is 9.57. The third-order valence-electron chi connectivity index (χ3n) is 2.62. The van der Waals surface area contributed by atoms with E-state index in [1.54, 1.807) is 20.8 Å². The SMILES string of the molecule is CC[C@H](OCOC)[C@H](CCC(=O)O)NC(=O)OC(C)(C)C. The summed E-state index contributed by atoms with van der Waals surface area (Å²) in [6.07, 6.45) is -0.109. The lowest BCUT2D eigenvalue weighted by atomic mass is 10.0. The van der Waals surface area contributed by atoms with Gasteiger partial charge >= 0.3 is 12.1 Å². The molecular weight excluding hydrogens is 278 g/mol. The molecular formula is C14H27NO6. The molecule has 1 amide bonds. The summed E-state index contributed by atoms with van der Waals surface area (Å²) >= 11 is 0. The molecule has 0 aliphatic rings. The standard InChI is InChI=1S/C14H27NO6/c1-6-11(20-9-19-5)10(7-8-12(16)17)15-13(18)21-14(2,3)4/h10-11H,6-9H2,1-5H3,(H,15,18)(H,16,17)/t10-,11-/m0/s1. The maximum Gasteiger partial charge on any atom is 0.407 e. The molecule has 2 N–H and O–H groups in total. The Balaban J connectivity index is 4.69. The fraction of sp³-hybridized carbons (Fsp3) is 0.857. The Bertz CT molecular complexity index is 326. The second-order valence-electron chi connectivity index (χ2n) is 5.71. The molecule has 0 heterocycles. The largest absolute Gasteiger partial charge is 0.481 e. The van der Waals surface area contributed by atoms with Crippen LogP contribution in [0.5, 0.6) is 0 Å². The molecule has 0 aliphatic heterocycles. The molecule has 0 spiro atoms. The molecule has 0 aromatic rings. The molecule has 0 fully saturated rings. The van der Waals surface area contributed by atoms with E-state index in [-0.39, 0.29) is 25.7 Å². The highest BCUT2D eigenvalue weighted by molar-refractivity contribution is 5.69. The Labute approximate surface area is 125 Å². The molecule has 21 heavy (non-hydrogen) atoms. The van der Waals surface area contributed by atoms with Crippen molar-refractivity contribution < 1.29 is 28.9 Å². The molecule has 0 aliphatic carbocycles. The monoisotopic (exact) mass is 305 g/mol. The summed E-state index contributed by atoms with van der Waals surface area (Å²) in [6, 6.07) is -0.448. The first-order valence-electron chi connectivity index (χ1n) is 7.01. The van der Waals surface area contributed by atoms with E-state index < -0.39 is 23.7 Å². The zero-order valence-corrected chi connectivity index (χ0v) is 13.5. The Morgan fingerprint density at radius 2 is 1.90 bits per heavy atom. The molecule has 0 unspecified atom stereocenters. The van der Waals surface area contributed by atoms with Crippen molar-refractivity contribution in [3.8, 4) is 0 Å². The predicted octanol–water partition coefficient (Wildman–Crippen LogP) is 2.14. The fourth-order valence-corrected chi connectivity index (χ4v) is 1.76. The number of hydrogen-bond acceptors (Lipinski definition) is 5. The molecule has 0 saturated carbocycles. The van der Waals surface area contributed by atoms with Crippen molar-refractivity contribution in [2.45, 2.75) is 64.7 Å². The van der Waals surface area contributed by atoms with Gasteiger partial charge in [0.1, 0.15) is 12.4 Å². The van der Waals surface area contributed by atoms with E-state index in [1.807, 2.05) is 6.92 Å². The van der Waals surface area contributed by atoms with Crippen molar-refractivity contribution in [3.63, 3.8) is 0 Å². The average Bonchev–Trinajstić information content (AvgIpc) is 2.33. The number of aliphatic carboxylic acids is 1. The minimum Gasteiger partial charge on any atom is -0.481 e. The van der Waals surface area contributed by atoms with Gasteiger partial charge in [0.15, 0.2) is 0 Å². The van der Waals surface area contributed by atoms with Gasteiger partial charge < -0.3 is 24.6 Å². The van der Waals surface area contributed by atoms with Crippen molar-refractivity contribution in [1.82, 2.24) is 5.32 Å². The van der Waals surface area contributed by atoms with Gasteiger partial charge in [-0.3, -0.25) is 4.79 Å². The maximum absolute atomic E-state index is 11.8. The number of hydrogen-bond donors (Lipinski definition) is 2. The molecule has 0 aromatic carbocycles. The van der Waals surface area contributed by atoms with Crippen LogP contribution in [0.4, 0.5) is 4.79 Å². The summed E-state index contributed by atoms with van der Waals surface area (Å²) in [7, 11) is 1.50. The lowest BCUT2D eigenvalue weighted by Gasteiger charge is -2.28. The van der Waals surface area contributed by atoms with Crippen LogP contribution >= 0.6 is 0 Å². The van der Waals surface area contributed by atoms with Crippen LogP contribution in [0.2, 0.25) is 0 Å². The van der Waals surface area contributed by atoms with Crippen molar-refractivity contribution in [2.75, 3.05) is 13.9 Å². The van der Waals surface area contributed by atoms with E-state index in [0.717, 1.165) is 0 Å². The van der Waals surface area contributed by atoms with E-state index in [2.05, 4.69) is 5.32 Å². The molecule has 2 atom stereocenters. The highest BCUT2D eigenvalue weighted by Crippen LogP contribution is 2.13. The van der Waals surface area contributed by atoms with Crippen LogP contribution in [0.15, 0.2) is 0 Å². The smallest absolute Gasteiger partial charge is 0.407 e. The predicted molar refractivity (Wildman–Crippen MR) is 77.1 cm³/mol. The van der Waals surface area contributed by atoms with Crippen LogP contribution in [0.1, 0.15) is 47.0 Å². The molecule has 0 radical (unpaired) electrons. The van der Waals surface area contributed by atoms with Gasteiger partial charge in [0.05, 0.1) is 12.1 Å². The van der Waals surface area contributed by atoms with Crippen molar-refractivity contribution in [3.05, 3.63) is 0 Å². The van der Waals surface area contributed by atoms with Crippen LogP contribution in [0, 0.1) is 0 Å². The lowest BCUT2D eigenvalue weighted by Crippen LogP contribution is -2.46. The van der Waals surface area contributed by atoms with Crippen molar-refractivity contribution in [2.24, 2.45) is 0 Å². The molecule has 7 heteroatoms. The average molecular weight is 305 g/mol. The zero-order valence-electron chi connectivity index (χ0n) is 13.5. The molecule has 0 aromatic heterocycles. The number of carbonyl (C=O) groups excluding carboxylic acids is 1. The molecule has 7 nitrogen and oxygen atoms in total. The second-order valence-corrected chi connectivity index (χ2v) is 5.71. The molecule has 0 saturated heterocycles. The quantitative estimate of drug-likeness (QED) is 0.634. The highest BCUT2D eigenvalue weighted by Gasteiger charge is 2.26. The number of alkyl carbamates (subject to hydrolysis) is 1. The number of rotatable bonds is 9. The molecule has 0 rings (SSSR count). The van der Waals surface area contributed by atoms with E-state index in [9.17, 15) is 9.59 Å². The first-order valence-corrected chi connectivity index (χ1v) is 7.01. The van der Waals surface area contributed by atoms with Gasteiger partial charge in [0.25, 0.3) is 0 Å². The van der Waals surface area contributed by atoms with Gasteiger partial charge in [-0.05, 0) is 33.6 Å². The van der Waals surface area contributed by atoms with E-state index in [1.165, 1.54) is 7.11 Å². The number of methoxy groups -OCH3 is 1. The normalized spacial score (nSPS) is 14.3. The first kappa shape index (κ1) is 19.7. The van der Waals surface area contributed by atoms with Gasteiger partial charge in [0.2, 0.25) is 0 Å². The van der Waals surface area contributed by atoms with E-state index >= 15 is 0 Å². The summed E-state index contributed by atoms with van der Waals surface area (Å²) in [5.41, 5.74) is -0.615. The van der Waals surface area contributed by atoms with Gasteiger partial charge in [-0.2, -0.15) is 0 Å². The van der Waals surface area contributed by atoms with Gasteiger partial charge in [0, 0.05) is 13.5 Å². The summed E-state index contributed by atoms with van der Waals surface area (Å²) < 4.78 is 15.5. The van der Waals surface area contributed by atoms with Crippen LogP contribution in [-0.4, -0.2) is 48.8 Å². The summed E-state index contributed by atoms with van der Waals surface area (Å²) in [4.78, 5) is 22.6. The minimum atomic E-state index is -0.924. The Morgan fingerprint density at radius 1 is 1.29 bits per heavy atom. The number of nitrogens with one attached hydrogen (secondary N) is 1. The summed E-state index contributed by atoms with van der Waals surface area (Å²) in [5.74, 6) is -0.924. The number of ether oxygens (including phenoxy) is 3. The summed E-state index contributed by atoms with van der Waals surface area (Å²) in [5, 5.41) is 11.5. The van der Waals surface area contributed by atoms with Crippen LogP contribution in [-0.2, 0) is 19.0 Å². The first-order chi connectivity index (χ1) is 9.69. The van der Waals surface area contributed by atoms with Gasteiger partial charge in [-0.25, -0.2) is 4.79 Å². The number of carbonyl (C=O) groups is 2. The van der Waals surface area contributed by atoms with Gasteiger partial charge in [-0.15, -0.1) is 0 Å². The fourth-order valence-electron chi connectivity index (χ4n) is 1.76. The Hall–Kier alpha value is -1.34. The van der Waals surface area contributed by atoms with Gasteiger partial charge in [-0.1, -0.05) is 6.92 Å². The minimum absolute atomic E-state index is 0.0622. The topological polar surface area (TPSA) is 94.1 Å². The van der Waals surface area contributed by atoms with Crippen LogP contribution < -0.4 is 5.32 Å². The summed E-state index contributed by atoms with van der Waals surface area (Å²) in [6.45, 7) is 7.26. The third kappa shape index (κ3) is 10.1. The van der Waals surface area contributed by atoms with E-state index in [4.69, 9.17) is 19.3 Å². The number of carboxylic acid groups (broad SMARTS) is 1. The van der Waals surface area contributed by atoms with Crippen LogP contribution in [0.3, 0.4) is 0 Å². The Kier molecular flexibility index (Phi) is 8.96. The maximum atomic E-state index is 11.8. The molecule has 124 valence electrons. The Morgan fingerprint density at radius 3 is 2.33 bits per heavy atom. The van der Waals surface area contributed by atoms with Crippen LogP contribution in [0.25, 0.3) is 0 Å².